The number of carbonyl (C=O) groups is 5. The van der Waals surface area contributed by atoms with E-state index in [4.69, 9.17) is 23.2 Å². The van der Waals surface area contributed by atoms with Crippen LogP contribution in [0.1, 0.15) is 29.9 Å². The second-order valence-electron chi connectivity index (χ2n) is 11.2. The van der Waals surface area contributed by atoms with Gasteiger partial charge in [-0.25, -0.2) is 31.6 Å². The van der Waals surface area contributed by atoms with Gasteiger partial charge in [0.2, 0.25) is 17.6 Å². The van der Waals surface area contributed by atoms with Gasteiger partial charge in [0.15, 0.2) is 33.0 Å². The van der Waals surface area contributed by atoms with E-state index >= 15 is 8.78 Å². The van der Waals surface area contributed by atoms with E-state index in [0.717, 1.165) is 7.11 Å². The van der Waals surface area contributed by atoms with Crippen molar-refractivity contribution in [2.24, 2.45) is 17.8 Å². The van der Waals surface area contributed by atoms with Crippen LogP contribution in [0.3, 0.4) is 0 Å². The normalized spacial score (nSPS) is 30.7. The molecule has 16 heteroatoms. The molecule has 2 aromatic rings. The van der Waals surface area contributed by atoms with Crippen molar-refractivity contribution >= 4 is 58.6 Å². The lowest BCUT2D eigenvalue weighted by atomic mass is 9.56. The number of imide groups is 4. The topological polar surface area (TPSA) is 121 Å². The largest absolute Gasteiger partial charge is 0.507 e. The molecule has 4 aliphatic rings. The third kappa shape index (κ3) is 3.69. The molecule has 3 fully saturated rings. The zero-order chi connectivity index (χ0) is 33.1. The Bertz CT molecular complexity index is 1790. The van der Waals surface area contributed by atoms with Crippen molar-refractivity contribution in [3.8, 4) is 5.75 Å². The molecule has 0 spiro atoms. The number of phenolic OH excluding ortho intramolecular Hbond substituents is 1. The number of hydrogen-bond donors (Lipinski definition) is 1. The van der Waals surface area contributed by atoms with Crippen molar-refractivity contribution in [2.75, 3.05) is 12.0 Å². The summed E-state index contributed by atoms with van der Waals surface area (Å²) in [7, 11) is 0.943. The molecular formula is C29H19Cl2F5N2O7. The standard InChI is InChI=1S/C29H19Cl2F5N2O7/c1-9-4-3-5-12(22(9)39)15-10-6-7-11-14(24(41)38(23(11)40)27(44)45-2)13(10)8-28(30)25(42)37(26(43)29(15,28)31)21-19(35)17(33)16(32)18(34)20(21)36/h3-6,11,13-15,39H,7-8H2,1-2H3/t11-,13+,14-,15+,28+,29-/m0/s1. The van der Waals surface area contributed by atoms with Crippen LogP contribution in [0.4, 0.5) is 32.4 Å². The van der Waals surface area contributed by atoms with Gasteiger partial charge in [-0.1, -0.05) is 29.8 Å². The number of nitrogens with zero attached hydrogens (tertiary/aromatic N) is 2. The van der Waals surface area contributed by atoms with Crippen LogP contribution in [0.25, 0.3) is 0 Å². The maximum atomic E-state index is 15.0. The molecule has 0 aromatic heterocycles. The van der Waals surface area contributed by atoms with E-state index in [1.807, 2.05) is 0 Å². The quantitative estimate of drug-likeness (QED) is 0.122. The number of benzene rings is 2. The fourth-order valence-corrected chi connectivity index (χ4v) is 8.02. The highest BCUT2D eigenvalue weighted by Gasteiger charge is 2.77. The summed E-state index contributed by atoms with van der Waals surface area (Å²) in [5.41, 5.74) is -1.66. The molecule has 2 saturated heterocycles. The van der Waals surface area contributed by atoms with Crippen molar-refractivity contribution in [1.29, 1.82) is 0 Å². The van der Waals surface area contributed by atoms with Gasteiger partial charge < -0.3 is 9.84 Å². The van der Waals surface area contributed by atoms with Crippen molar-refractivity contribution in [2.45, 2.75) is 35.4 Å². The van der Waals surface area contributed by atoms with Gasteiger partial charge in [-0.2, -0.15) is 4.90 Å². The molecule has 5 amide bonds. The Hall–Kier alpha value is -4.04. The number of ether oxygens (including phenoxy) is 1. The summed E-state index contributed by atoms with van der Waals surface area (Å²) in [6.45, 7) is 1.48. The van der Waals surface area contributed by atoms with Crippen LogP contribution in [-0.2, 0) is 23.9 Å². The highest BCUT2D eigenvalue weighted by molar-refractivity contribution is 6.58. The van der Waals surface area contributed by atoms with Crippen LogP contribution in [0.15, 0.2) is 29.8 Å². The average molecular weight is 673 g/mol. The predicted octanol–water partition coefficient (Wildman–Crippen LogP) is 4.73. The number of allylic oxidation sites excluding steroid dienone is 2. The molecule has 1 saturated carbocycles. The van der Waals surface area contributed by atoms with Crippen molar-refractivity contribution < 1.29 is 55.8 Å². The number of para-hydroxylation sites is 1. The van der Waals surface area contributed by atoms with E-state index in [1.54, 1.807) is 0 Å². The van der Waals surface area contributed by atoms with E-state index in [0.29, 0.717) is 0 Å². The smallest absolute Gasteiger partial charge is 0.423 e. The number of amides is 5. The molecule has 6 atom stereocenters. The number of methoxy groups -OCH3 is 1. The molecule has 6 rings (SSSR count). The Balaban J connectivity index is 1.61. The minimum Gasteiger partial charge on any atom is -0.507 e. The summed E-state index contributed by atoms with van der Waals surface area (Å²) in [4.78, 5) is 61.7. The maximum absolute atomic E-state index is 15.0. The Morgan fingerprint density at radius 2 is 1.53 bits per heavy atom. The first-order valence-electron chi connectivity index (χ1n) is 13.3. The molecule has 2 aromatic carbocycles. The maximum Gasteiger partial charge on any atom is 0.423 e. The molecule has 45 heavy (non-hydrogen) atoms. The molecule has 0 bridgehead atoms. The Morgan fingerprint density at radius 3 is 2.13 bits per heavy atom. The Labute approximate surface area is 260 Å². The number of anilines is 1. The van der Waals surface area contributed by atoms with Gasteiger partial charge in [0.25, 0.3) is 11.8 Å². The summed E-state index contributed by atoms with van der Waals surface area (Å²) in [6.07, 6.45) is -0.771. The highest BCUT2D eigenvalue weighted by Crippen LogP contribution is 2.66. The van der Waals surface area contributed by atoms with E-state index < -0.39 is 110 Å². The predicted molar refractivity (Wildman–Crippen MR) is 144 cm³/mol. The Morgan fingerprint density at radius 1 is 0.933 bits per heavy atom. The van der Waals surface area contributed by atoms with E-state index in [9.17, 15) is 42.3 Å². The van der Waals surface area contributed by atoms with E-state index in [2.05, 4.69) is 4.74 Å². The fraction of sp³-hybridized carbons (Fsp3) is 0.345. The average Bonchev–Trinajstić information content (AvgIpc) is 3.35. The molecule has 9 nitrogen and oxygen atoms in total. The summed E-state index contributed by atoms with van der Waals surface area (Å²) >= 11 is 14.0. The number of halogens is 7. The van der Waals surface area contributed by atoms with Crippen LogP contribution in [-0.4, -0.2) is 56.6 Å². The molecule has 2 aliphatic carbocycles. The summed E-state index contributed by atoms with van der Waals surface area (Å²) in [5, 5.41) is 11.1. The second-order valence-corrected chi connectivity index (χ2v) is 12.4. The highest BCUT2D eigenvalue weighted by atomic mass is 35.5. The lowest BCUT2D eigenvalue weighted by Crippen LogP contribution is -2.60. The van der Waals surface area contributed by atoms with Gasteiger partial charge in [-0.15, -0.1) is 23.2 Å². The first kappa shape index (κ1) is 31.0. The van der Waals surface area contributed by atoms with Gasteiger partial charge in [-0.05, 0) is 31.2 Å². The zero-order valence-electron chi connectivity index (χ0n) is 23.0. The molecular weight excluding hydrogens is 654 g/mol. The van der Waals surface area contributed by atoms with E-state index in [1.165, 1.54) is 31.2 Å². The minimum absolute atomic E-state index is 0.119. The van der Waals surface area contributed by atoms with Gasteiger partial charge in [-0.3, -0.25) is 19.2 Å². The monoisotopic (exact) mass is 672 g/mol. The van der Waals surface area contributed by atoms with Crippen LogP contribution in [0, 0.1) is 53.8 Å². The van der Waals surface area contributed by atoms with Crippen LogP contribution < -0.4 is 4.90 Å². The lowest BCUT2D eigenvalue weighted by Gasteiger charge is -2.50. The zero-order valence-corrected chi connectivity index (χ0v) is 24.5. The molecule has 0 unspecified atom stereocenters. The number of fused-ring (bicyclic) bond motifs is 4. The number of phenols is 1. The first-order chi connectivity index (χ1) is 21.1. The Kier molecular flexibility index (Phi) is 6.87. The van der Waals surface area contributed by atoms with Gasteiger partial charge in [0.05, 0.1) is 18.9 Å². The lowest BCUT2D eigenvalue weighted by molar-refractivity contribution is -0.138. The van der Waals surface area contributed by atoms with Crippen molar-refractivity contribution in [3.63, 3.8) is 0 Å². The second kappa shape index (κ2) is 9.98. The minimum atomic E-state index is -2.78. The van der Waals surface area contributed by atoms with E-state index in [-0.39, 0.29) is 32.9 Å². The van der Waals surface area contributed by atoms with Crippen LogP contribution in [0.5, 0.6) is 5.75 Å². The van der Waals surface area contributed by atoms with Gasteiger partial charge >= 0.3 is 6.09 Å². The third-order valence-electron chi connectivity index (χ3n) is 9.16. The summed E-state index contributed by atoms with van der Waals surface area (Å²) in [5.74, 6) is -23.6. The number of carbonyl (C=O) groups excluding carboxylic acids is 5. The molecule has 2 aliphatic heterocycles. The third-order valence-corrected chi connectivity index (χ3v) is 10.6. The summed E-state index contributed by atoms with van der Waals surface area (Å²) in [6, 6.07) is 4.24. The molecule has 0 radical (unpaired) electrons. The SMILES string of the molecule is COC(=O)N1C(=O)[C@H]2[C@H](CC=C3[C@H]2C[C@@]2(Cl)C(=O)N(c4c(F)c(F)c(F)c(F)c4F)C(=O)[C@@]2(Cl)[C@H]3c2cccc(C)c2O)C1=O. The summed E-state index contributed by atoms with van der Waals surface area (Å²) < 4.78 is 77.1. The number of likely N-dealkylation sites (tertiary alicyclic amines) is 1. The van der Waals surface area contributed by atoms with Crippen LogP contribution in [0.2, 0.25) is 0 Å². The van der Waals surface area contributed by atoms with Gasteiger partial charge in [0, 0.05) is 11.5 Å². The molecule has 2 heterocycles. The van der Waals surface area contributed by atoms with Crippen LogP contribution >= 0.6 is 23.2 Å². The van der Waals surface area contributed by atoms with Crippen molar-refractivity contribution in [1.82, 2.24) is 4.90 Å². The molecule has 1 N–H and O–H groups in total. The first-order valence-corrected chi connectivity index (χ1v) is 14.0. The number of aromatic hydroxyl groups is 1. The molecule has 236 valence electrons. The number of aryl methyl sites for hydroxylation is 1. The van der Waals surface area contributed by atoms with Crippen molar-refractivity contribution in [3.05, 3.63) is 70.1 Å². The fourth-order valence-electron chi connectivity index (χ4n) is 7.10. The van der Waals surface area contributed by atoms with Gasteiger partial charge in [0.1, 0.15) is 11.4 Å². The number of rotatable bonds is 2. The number of hydrogen-bond acceptors (Lipinski definition) is 7. The number of alkyl halides is 2.